The van der Waals surface area contributed by atoms with Gasteiger partial charge in [-0.05, 0) is 32.9 Å². The SMILES string of the molecule is CC(C)(C)OC=O.O=[N+]([O-])c1ccc(N2CCNC(Cl)C2)cc1. The minimum Gasteiger partial charge on any atom is -0.462 e. The Morgan fingerprint density at radius 2 is 2.00 bits per heavy atom. The van der Waals surface area contributed by atoms with Crippen molar-refractivity contribution in [2.45, 2.75) is 31.9 Å². The lowest BCUT2D eigenvalue weighted by Crippen LogP contribution is -2.48. The van der Waals surface area contributed by atoms with E-state index in [-0.39, 0.29) is 16.8 Å². The fraction of sp³-hybridized carbons (Fsp3) is 0.533. The van der Waals surface area contributed by atoms with Crippen LogP contribution >= 0.6 is 11.6 Å². The van der Waals surface area contributed by atoms with Gasteiger partial charge in [-0.3, -0.25) is 20.2 Å². The van der Waals surface area contributed by atoms with E-state index in [0.29, 0.717) is 13.0 Å². The first kappa shape index (κ1) is 19.2. The third-order valence-electron chi connectivity index (χ3n) is 2.96. The molecular formula is C15H22ClN3O4. The minimum absolute atomic E-state index is 0.0658. The molecule has 0 saturated carbocycles. The summed E-state index contributed by atoms with van der Waals surface area (Å²) in [6.07, 6.45) is 0. The van der Waals surface area contributed by atoms with Crippen LogP contribution in [0.25, 0.3) is 0 Å². The van der Waals surface area contributed by atoms with Gasteiger partial charge in [0.1, 0.15) is 11.1 Å². The maximum atomic E-state index is 10.5. The van der Waals surface area contributed by atoms with Gasteiger partial charge < -0.3 is 9.64 Å². The van der Waals surface area contributed by atoms with Gasteiger partial charge in [0, 0.05) is 37.5 Å². The van der Waals surface area contributed by atoms with Gasteiger partial charge in [0.25, 0.3) is 12.2 Å². The van der Waals surface area contributed by atoms with Crippen LogP contribution in [-0.4, -0.2) is 42.1 Å². The molecule has 0 bridgehead atoms. The monoisotopic (exact) mass is 343 g/mol. The molecule has 1 heterocycles. The maximum absolute atomic E-state index is 10.5. The average molecular weight is 344 g/mol. The molecule has 1 aromatic rings. The van der Waals surface area contributed by atoms with E-state index in [2.05, 4.69) is 15.0 Å². The number of carbonyl (C=O) groups excluding carboxylic acids is 1. The zero-order valence-electron chi connectivity index (χ0n) is 13.5. The van der Waals surface area contributed by atoms with E-state index >= 15 is 0 Å². The normalized spacial score (nSPS) is 17.7. The number of carbonyl (C=O) groups is 1. The Morgan fingerprint density at radius 1 is 1.39 bits per heavy atom. The number of piperazine rings is 1. The highest BCUT2D eigenvalue weighted by molar-refractivity contribution is 6.20. The predicted octanol–water partition coefficient (Wildman–Crippen LogP) is 2.53. The largest absolute Gasteiger partial charge is 0.462 e. The summed E-state index contributed by atoms with van der Waals surface area (Å²) >= 11 is 5.98. The van der Waals surface area contributed by atoms with E-state index in [9.17, 15) is 14.9 Å². The van der Waals surface area contributed by atoms with Gasteiger partial charge >= 0.3 is 0 Å². The van der Waals surface area contributed by atoms with Crippen molar-refractivity contribution in [3.63, 3.8) is 0 Å². The van der Waals surface area contributed by atoms with Crippen molar-refractivity contribution < 1.29 is 14.5 Å². The van der Waals surface area contributed by atoms with Crippen LogP contribution in [0.4, 0.5) is 11.4 Å². The Kier molecular flexibility index (Phi) is 7.25. The number of benzene rings is 1. The highest BCUT2D eigenvalue weighted by Crippen LogP contribution is 2.20. The summed E-state index contributed by atoms with van der Waals surface area (Å²) in [4.78, 5) is 21.8. The Hall–Kier alpha value is -1.86. The summed E-state index contributed by atoms with van der Waals surface area (Å²) in [5.41, 5.74) is 0.699. The molecule has 0 aromatic heterocycles. The van der Waals surface area contributed by atoms with E-state index in [1.165, 1.54) is 12.1 Å². The summed E-state index contributed by atoms with van der Waals surface area (Å²) in [6, 6.07) is 6.54. The summed E-state index contributed by atoms with van der Waals surface area (Å²) in [6.45, 7) is 8.32. The van der Waals surface area contributed by atoms with E-state index in [1.807, 2.05) is 20.8 Å². The molecule has 128 valence electrons. The number of hydrogen-bond acceptors (Lipinski definition) is 6. The van der Waals surface area contributed by atoms with Crippen molar-refractivity contribution in [3.05, 3.63) is 34.4 Å². The first-order chi connectivity index (χ1) is 10.7. The van der Waals surface area contributed by atoms with Crippen molar-refractivity contribution in [2.24, 2.45) is 0 Å². The fourth-order valence-electron chi connectivity index (χ4n) is 1.87. The number of nitro groups is 1. The van der Waals surface area contributed by atoms with Crippen LogP contribution in [0, 0.1) is 10.1 Å². The molecule has 7 nitrogen and oxygen atoms in total. The number of nitro benzene ring substituents is 1. The van der Waals surface area contributed by atoms with Crippen LogP contribution in [-0.2, 0) is 9.53 Å². The van der Waals surface area contributed by atoms with Crippen molar-refractivity contribution in [1.82, 2.24) is 5.32 Å². The molecule has 0 amide bonds. The first-order valence-corrected chi connectivity index (χ1v) is 7.65. The van der Waals surface area contributed by atoms with Crippen LogP contribution < -0.4 is 10.2 Å². The van der Waals surface area contributed by atoms with Gasteiger partial charge in [-0.1, -0.05) is 0 Å². The Labute approximate surface area is 140 Å². The van der Waals surface area contributed by atoms with Crippen LogP contribution in [0.15, 0.2) is 24.3 Å². The minimum atomic E-state index is -0.397. The molecule has 0 radical (unpaired) electrons. The molecule has 1 N–H and O–H groups in total. The molecule has 1 unspecified atom stereocenters. The molecule has 1 fully saturated rings. The molecule has 1 aliphatic heterocycles. The number of anilines is 1. The first-order valence-electron chi connectivity index (χ1n) is 7.21. The van der Waals surface area contributed by atoms with Crippen molar-refractivity contribution >= 4 is 29.4 Å². The molecule has 2 rings (SSSR count). The number of halogens is 1. The van der Waals surface area contributed by atoms with Crippen LogP contribution in [0.3, 0.4) is 0 Å². The molecule has 23 heavy (non-hydrogen) atoms. The topological polar surface area (TPSA) is 84.7 Å². The van der Waals surface area contributed by atoms with E-state index in [1.54, 1.807) is 12.1 Å². The van der Waals surface area contributed by atoms with Gasteiger partial charge in [-0.15, -0.1) is 11.6 Å². The van der Waals surface area contributed by atoms with Crippen LogP contribution in [0.5, 0.6) is 0 Å². The molecule has 0 spiro atoms. The summed E-state index contributed by atoms with van der Waals surface area (Å²) < 4.78 is 4.55. The van der Waals surface area contributed by atoms with Gasteiger partial charge in [-0.2, -0.15) is 0 Å². The molecular weight excluding hydrogens is 322 g/mol. The molecule has 0 aliphatic carbocycles. The highest BCUT2D eigenvalue weighted by atomic mass is 35.5. The quantitative estimate of drug-likeness (QED) is 0.298. The van der Waals surface area contributed by atoms with Gasteiger partial charge in [-0.25, -0.2) is 0 Å². The summed E-state index contributed by atoms with van der Waals surface area (Å²) in [5, 5.41) is 13.6. The van der Waals surface area contributed by atoms with Gasteiger partial charge in [0.15, 0.2) is 0 Å². The lowest BCUT2D eigenvalue weighted by Gasteiger charge is -2.32. The van der Waals surface area contributed by atoms with E-state index < -0.39 is 4.92 Å². The van der Waals surface area contributed by atoms with Crippen molar-refractivity contribution in [3.8, 4) is 0 Å². The van der Waals surface area contributed by atoms with Gasteiger partial charge in [0.05, 0.1) is 4.92 Å². The van der Waals surface area contributed by atoms with Crippen molar-refractivity contribution in [1.29, 1.82) is 0 Å². The number of nitrogens with zero attached hydrogens (tertiary/aromatic N) is 2. The Morgan fingerprint density at radius 3 is 2.39 bits per heavy atom. The standard InChI is InChI=1S/C10H12ClN3O2.C5H10O2/c11-10-7-13(6-5-12-10)8-1-3-9(4-2-8)14(15)16;1-5(2,3)7-4-6/h1-4,10,12H,5-7H2;4H,1-3H3. The molecule has 1 aromatic carbocycles. The zero-order chi connectivity index (χ0) is 17.5. The van der Waals surface area contributed by atoms with Crippen LogP contribution in [0.1, 0.15) is 20.8 Å². The lowest BCUT2D eigenvalue weighted by atomic mass is 10.2. The average Bonchev–Trinajstić information content (AvgIpc) is 2.47. The molecule has 1 saturated heterocycles. The number of nitrogens with one attached hydrogen (secondary N) is 1. The Bertz CT molecular complexity index is 516. The number of ether oxygens (including phenoxy) is 1. The number of non-ortho nitro benzene ring substituents is 1. The number of hydrogen-bond donors (Lipinski definition) is 1. The third kappa shape index (κ3) is 7.30. The summed E-state index contributed by atoms with van der Waals surface area (Å²) in [7, 11) is 0. The second-order valence-corrected chi connectivity index (χ2v) is 6.49. The molecule has 8 heteroatoms. The third-order valence-corrected chi connectivity index (χ3v) is 3.25. The van der Waals surface area contributed by atoms with E-state index in [4.69, 9.17) is 11.6 Å². The second-order valence-electron chi connectivity index (χ2n) is 5.97. The smallest absolute Gasteiger partial charge is 0.293 e. The predicted molar refractivity (Wildman–Crippen MR) is 89.9 cm³/mol. The zero-order valence-corrected chi connectivity index (χ0v) is 14.2. The van der Waals surface area contributed by atoms with Gasteiger partial charge in [0.2, 0.25) is 0 Å². The van der Waals surface area contributed by atoms with Crippen molar-refractivity contribution in [2.75, 3.05) is 24.5 Å². The van der Waals surface area contributed by atoms with Crippen LogP contribution in [0.2, 0.25) is 0 Å². The highest BCUT2D eigenvalue weighted by Gasteiger charge is 2.17. The molecule has 1 aliphatic rings. The number of rotatable bonds is 3. The fourth-order valence-corrected chi connectivity index (χ4v) is 2.15. The second kappa shape index (κ2) is 8.69. The van der Waals surface area contributed by atoms with E-state index in [0.717, 1.165) is 18.8 Å². The number of alkyl halides is 1. The maximum Gasteiger partial charge on any atom is 0.293 e. The molecule has 1 atom stereocenters. The Balaban J connectivity index is 0.000000322. The lowest BCUT2D eigenvalue weighted by molar-refractivity contribution is -0.384. The summed E-state index contributed by atoms with van der Waals surface area (Å²) in [5.74, 6) is 0.